The van der Waals surface area contributed by atoms with Gasteiger partial charge in [0.1, 0.15) is 5.82 Å². The molecule has 4 N–H and O–H groups in total. The van der Waals surface area contributed by atoms with Crippen molar-refractivity contribution in [3.05, 3.63) is 11.8 Å². The van der Waals surface area contributed by atoms with Crippen LogP contribution in [-0.4, -0.2) is 24.4 Å². The highest BCUT2D eigenvalue weighted by Crippen LogP contribution is 2.05. The Morgan fingerprint density at radius 2 is 2.43 bits per heavy atom. The molecule has 1 aromatic heterocycles. The minimum absolute atomic E-state index is 0.0341. The normalized spacial score (nSPS) is 11.1. The van der Waals surface area contributed by atoms with E-state index in [9.17, 15) is 8.42 Å². The van der Waals surface area contributed by atoms with Crippen LogP contribution in [0.4, 0.5) is 5.82 Å². The number of sulfonamides is 1. The maximum Gasteiger partial charge on any atom is 0.225 e. The van der Waals surface area contributed by atoms with E-state index in [1.807, 2.05) is 0 Å². The van der Waals surface area contributed by atoms with Gasteiger partial charge in [-0.15, -0.1) is 0 Å². The first-order chi connectivity index (χ1) is 6.55. The molecule has 0 amide bonds. The lowest BCUT2D eigenvalue weighted by Crippen LogP contribution is -2.25. The fourth-order valence-corrected chi connectivity index (χ4v) is 1.43. The summed E-state index contributed by atoms with van der Waals surface area (Å²) in [6.07, 6.45) is 1.42. The Bertz CT molecular complexity index is 443. The van der Waals surface area contributed by atoms with E-state index < -0.39 is 15.8 Å². The Balaban J connectivity index is 2.58. The van der Waals surface area contributed by atoms with Gasteiger partial charge in [0.2, 0.25) is 10.0 Å². The third-order valence-corrected chi connectivity index (χ3v) is 2.58. The molecule has 0 fully saturated rings. The van der Waals surface area contributed by atoms with Crippen molar-refractivity contribution in [1.29, 1.82) is 5.26 Å². The van der Waals surface area contributed by atoms with Crippen molar-refractivity contribution in [2.24, 2.45) is 0 Å². The molecule has 0 aliphatic rings. The van der Waals surface area contributed by atoms with E-state index in [1.165, 1.54) is 6.20 Å². The molecule has 0 radical (unpaired) electrons. The van der Waals surface area contributed by atoms with Gasteiger partial charge in [-0.2, -0.15) is 10.4 Å². The number of hydrogen-bond acceptors (Lipinski definition) is 5. The molecule has 0 bridgehead atoms. The van der Waals surface area contributed by atoms with Gasteiger partial charge in [-0.05, 0) is 0 Å². The van der Waals surface area contributed by atoms with Crippen LogP contribution in [-0.2, 0) is 16.6 Å². The number of hydrogen-bond donors (Lipinski definition) is 3. The summed E-state index contributed by atoms with van der Waals surface area (Å²) >= 11 is 0. The average Bonchev–Trinajstić information content (AvgIpc) is 2.48. The summed E-state index contributed by atoms with van der Waals surface area (Å²) in [6.45, 7) is 0.0341. The first-order valence-corrected chi connectivity index (χ1v) is 5.32. The van der Waals surface area contributed by atoms with Crippen molar-refractivity contribution in [2.45, 2.75) is 6.54 Å². The van der Waals surface area contributed by atoms with Crippen LogP contribution in [0.15, 0.2) is 6.20 Å². The fourth-order valence-electron chi connectivity index (χ4n) is 0.786. The van der Waals surface area contributed by atoms with Crippen LogP contribution in [0.5, 0.6) is 0 Å². The standard InChI is InChI=1S/C6H9N5O2S/c7-1-2-14(12,13)10-4-5-3-9-11-6(5)8/h3,10H,2,4H2,(H3,8,9,11). The Labute approximate surface area is 81.0 Å². The fraction of sp³-hybridized carbons (Fsp3) is 0.333. The number of nitrogens with zero attached hydrogens (tertiary/aromatic N) is 2. The predicted octanol–water partition coefficient (Wildman–Crippen LogP) is -1.07. The molecule has 1 aromatic rings. The molecule has 0 saturated heterocycles. The van der Waals surface area contributed by atoms with Gasteiger partial charge in [-0.25, -0.2) is 13.1 Å². The first kappa shape index (κ1) is 10.5. The van der Waals surface area contributed by atoms with Crippen molar-refractivity contribution >= 4 is 15.8 Å². The Hall–Kier alpha value is -1.59. The number of H-pyrrole nitrogens is 1. The molecule has 7 nitrogen and oxygen atoms in total. The highest BCUT2D eigenvalue weighted by atomic mass is 32.2. The molecule has 1 rings (SSSR count). The summed E-state index contributed by atoms with van der Waals surface area (Å²) in [4.78, 5) is 0. The summed E-state index contributed by atoms with van der Waals surface area (Å²) in [5.41, 5.74) is 5.97. The van der Waals surface area contributed by atoms with Gasteiger partial charge < -0.3 is 5.73 Å². The van der Waals surface area contributed by atoms with Gasteiger partial charge >= 0.3 is 0 Å². The second-order valence-electron chi connectivity index (χ2n) is 2.55. The molecule has 0 saturated carbocycles. The zero-order chi connectivity index (χ0) is 10.6. The average molecular weight is 215 g/mol. The minimum Gasteiger partial charge on any atom is -0.384 e. The van der Waals surface area contributed by atoms with E-state index >= 15 is 0 Å². The van der Waals surface area contributed by atoms with Crippen molar-refractivity contribution in [3.8, 4) is 6.07 Å². The highest BCUT2D eigenvalue weighted by Gasteiger charge is 2.10. The van der Waals surface area contributed by atoms with E-state index in [1.54, 1.807) is 6.07 Å². The number of anilines is 1. The van der Waals surface area contributed by atoms with E-state index in [4.69, 9.17) is 11.0 Å². The SMILES string of the molecule is N#CCS(=O)(=O)NCc1cn[nH]c1N. The smallest absolute Gasteiger partial charge is 0.225 e. The molecule has 14 heavy (non-hydrogen) atoms. The lowest BCUT2D eigenvalue weighted by molar-refractivity contribution is 0.585. The second-order valence-corrected chi connectivity index (χ2v) is 4.35. The molecule has 0 unspecified atom stereocenters. The van der Waals surface area contributed by atoms with Gasteiger partial charge in [-0.3, -0.25) is 5.10 Å². The van der Waals surface area contributed by atoms with Crippen LogP contribution in [0.3, 0.4) is 0 Å². The summed E-state index contributed by atoms with van der Waals surface area (Å²) in [5, 5.41) is 14.3. The second kappa shape index (κ2) is 4.08. The Kier molecular flexibility index (Phi) is 3.06. The van der Waals surface area contributed by atoms with Crippen LogP contribution in [0.25, 0.3) is 0 Å². The lowest BCUT2D eigenvalue weighted by Gasteiger charge is -2.01. The quantitative estimate of drug-likeness (QED) is 0.590. The molecule has 0 aromatic carbocycles. The largest absolute Gasteiger partial charge is 0.384 e. The van der Waals surface area contributed by atoms with E-state index in [0.29, 0.717) is 11.4 Å². The number of nitrogens with one attached hydrogen (secondary N) is 2. The number of nitrogens with two attached hydrogens (primary N) is 1. The third kappa shape index (κ3) is 2.72. The van der Waals surface area contributed by atoms with Crippen LogP contribution < -0.4 is 10.5 Å². The van der Waals surface area contributed by atoms with Gasteiger partial charge in [0.25, 0.3) is 0 Å². The molecule has 76 valence electrons. The molecule has 0 atom stereocenters. The van der Waals surface area contributed by atoms with Crippen molar-refractivity contribution < 1.29 is 8.42 Å². The Morgan fingerprint density at radius 3 is 2.93 bits per heavy atom. The lowest BCUT2D eigenvalue weighted by atomic mass is 10.3. The third-order valence-electron chi connectivity index (χ3n) is 1.49. The molecule has 0 spiro atoms. The predicted molar refractivity (Wildman–Crippen MR) is 49.2 cm³/mol. The number of nitriles is 1. The summed E-state index contributed by atoms with van der Waals surface area (Å²) in [7, 11) is -3.53. The Morgan fingerprint density at radius 1 is 1.71 bits per heavy atom. The summed E-state index contributed by atoms with van der Waals surface area (Å²) in [5.74, 6) is -0.255. The molecule has 1 heterocycles. The first-order valence-electron chi connectivity index (χ1n) is 3.67. The number of aromatic amines is 1. The molecule has 0 aliphatic heterocycles. The maximum absolute atomic E-state index is 11.0. The topological polar surface area (TPSA) is 125 Å². The van der Waals surface area contributed by atoms with Crippen LogP contribution in [0, 0.1) is 11.3 Å². The monoisotopic (exact) mass is 215 g/mol. The molecular formula is C6H9N5O2S. The van der Waals surface area contributed by atoms with Gasteiger partial charge in [0.05, 0.1) is 12.3 Å². The molecule has 0 aliphatic carbocycles. The van der Waals surface area contributed by atoms with Crippen LogP contribution >= 0.6 is 0 Å². The van der Waals surface area contributed by atoms with Crippen LogP contribution in [0.1, 0.15) is 5.56 Å². The van der Waals surface area contributed by atoms with Gasteiger partial charge in [-0.1, -0.05) is 0 Å². The van der Waals surface area contributed by atoms with Crippen LogP contribution in [0.2, 0.25) is 0 Å². The van der Waals surface area contributed by atoms with Crippen molar-refractivity contribution in [1.82, 2.24) is 14.9 Å². The van der Waals surface area contributed by atoms with Gasteiger partial charge in [0, 0.05) is 12.1 Å². The number of rotatable bonds is 4. The molecule has 8 heteroatoms. The number of aromatic nitrogens is 2. The number of nitrogen functional groups attached to an aromatic ring is 1. The minimum atomic E-state index is -3.53. The van der Waals surface area contributed by atoms with E-state index in [0.717, 1.165) is 0 Å². The summed E-state index contributed by atoms with van der Waals surface area (Å²) in [6, 6.07) is 1.55. The van der Waals surface area contributed by atoms with Crippen molar-refractivity contribution in [3.63, 3.8) is 0 Å². The van der Waals surface area contributed by atoms with Gasteiger partial charge in [0.15, 0.2) is 5.75 Å². The maximum atomic E-state index is 11.0. The zero-order valence-electron chi connectivity index (χ0n) is 7.19. The van der Waals surface area contributed by atoms with E-state index in [2.05, 4.69) is 14.9 Å². The summed E-state index contributed by atoms with van der Waals surface area (Å²) < 4.78 is 24.3. The van der Waals surface area contributed by atoms with Crippen molar-refractivity contribution in [2.75, 3.05) is 11.5 Å². The van der Waals surface area contributed by atoms with E-state index in [-0.39, 0.29) is 6.54 Å². The zero-order valence-corrected chi connectivity index (χ0v) is 8.00. The molecular weight excluding hydrogens is 206 g/mol. The highest BCUT2D eigenvalue weighted by molar-refractivity contribution is 7.89.